The third-order valence-electron chi connectivity index (χ3n) is 2.50. The van der Waals surface area contributed by atoms with Gasteiger partial charge in [-0.2, -0.15) is 5.26 Å². The molecule has 0 amide bonds. The standard InChI is InChI=1S/C12H15NO4/c1-17-11-4-2-3-8(9(11)7-13)12(16)10(15)5-6-14/h2-4,10,12,14-16H,5-6H2,1H3. The van der Waals surface area contributed by atoms with Gasteiger partial charge in [0, 0.05) is 12.2 Å². The summed E-state index contributed by atoms with van der Waals surface area (Å²) in [6.07, 6.45) is -2.28. The molecule has 0 aromatic heterocycles. The minimum Gasteiger partial charge on any atom is -0.495 e. The molecule has 1 rings (SSSR count). The van der Waals surface area contributed by atoms with E-state index in [1.54, 1.807) is 18.2 Å². The molecule has 0 saturated heterocycles. The Morgan fingerprint density at radius 1 is 1.41 bits per heavy atom. The van der Waals surface area contributed by atoms with E-state index in [-0.39, 0.29) is 18.6 Å². The Hall–Kier alpha value is -1.61. The topological polar surface area (TPSA) is 93.7 Å². The first-order valence-corrected chi connectivity index (χ1v) is 5.19. The van der Waals surface area contributed by atoms with Crippen LogP contribution in [0, 0.1) is 11.3 Å². The molecule has 0 aliphatic rings. The van der Waals surface area contributed by atoms with Gasteiger partial charge in [0.25, 0.3) is 0 Å². The third-order valence-corrected chi connectivity index (χ3v) is 2.50. The van der Waals surface area contributed by atoms with Crippen LogP contribution in [0.1, 0.15) is 23.7 Å². The van der Waals surface area contributed by atoms with E-state index in [9.17, 15) is 10.2 Å². The fourth-order valence-corrected chi connectivity index (χ4v) is 1.58. The van der Waals surface area contributed by atoms with Gasteiger partial charge in [0.1, 0.15) is 17.9 Å². The zero-order chi connectivity index (χ0) is 12.8. The number of benzene rings is 1. The largest absolute Gasteiger partial charge is 0.495 e. The van der Waals surface area contributed by atoms with Gasteiger partial charge in [-0.15, -0.1) is 0 Å². The molecule has 0 spiro atoms. The third kappa shape index (κ3) is 2.94. The number of aliphatic hydroxyl groups excluding tert-OH is 3. The van der Waals surface area contributed by atoms with Crippen LogP contribution in [0.25, 0.3) is 0 Å². The number of rotatable bonds is 5. The lowest BCUT2D eigenvalue weighted by atomic mass is 9.97. The van der Waals surface area contributed by atoms with Crippen LogP contribution in [-0.2, 0) is 0 Å². The maximum absolute atomic E-state index is 9.88. The number of ether oxygens (including phenoxy) is 1. The smallest absolute Gasteiger partial charge is 0.137 e. The van der Waals surface area contributed by atoms with Crippen molar-refractivity contribution in [2.24, 2.45) is 0 Å². The predicted octanol–water partition coefficient (Wildman–Crippen LogP) is 0.344. The highest BCUT2D eigenvalue weighted by molar-refractivity contribution is 5.49. The van der Waals surface area contributed by atoms with Crippen LogP contribution in [0.15, 0.2) is 18.2 Å². The van der Waals surface area contributed by atoms with Gasteiger partial charge in [0.2, 0.25) is 0 Å². The molecule has 2 atom stereocenters. The van der Waals surface area contributed by atoms with Crippen LogP contribution in [0.3, 0.4) is 0 Å². The lowest BCUT2D eigenvalue weighted by Gasteiger charge is -2.19. The van der Waals surface area contributed by atoms with Crippen LogP contribution in [-0.4, -0.2) is 35.1 Å². The Morgan fingerprint density at radius 2 is 2.12 bits per heavy atom. The fourth-order valence-electron chi connectivity index (χ4n) is 1.58. The molecule has 0 saturated carbocycles. The molecule has 0 aliphatic carbocycles. The van der Waals surface area contributed by atoms with Crippen LogP contribution < -0.4 is 4.74 Å². The highest BCUT2D eigenvalue weighted by Gasteiger charge is 2.22. The van der Waals surface area contributed by atoms with E-state index >= 15 is 0 Å². The summed E-state index contributed by atoms with van der Waals surface area (Å²) < 4.78 is 5.00. The van der Waals surface area contributed by atoms with E-state index in [1.807, 2.05) is 6.07 Å². The van der Waals surface area contributed by atoms with E-state index in [2.05, 4.69) is 0 Å². The van der Waals surface area contributed by atoms with E-state index in [4.69, 9.17) is 15.1 Å². The lowest BCUT2D eigenvalue weighted by molar-refractivity contribution is 0.00398. The molecule has 5 nitrogen and oxygen atoms in total. The second-order valence-corrected chi connectivity index (χ2v) is 3.56. The number of hydrogen-bond acceptors (Lipinski definition) is 5. The predicted molar refractivity (Wildman–Crippen MR) is 60.4 cm³/mol. The van der Waals surface area contributed by atoms with E-state index in [0.717, 1.165) is 0 Å². The second kappa shape index (κ2) is 6.21. The molecule has 17 heavy (non-hydrogen) atoms. The quantitative estimate of drug-likeness (QED) is 0.686. The molecule has 1 aromatic carbocycles. The van der Waals surface area contributed by atoms with Crippen LogP contribution in [0.5, 0.6) is 5.75 Å². The van der Waals surface area contributed by atoms with E-state index in [0.29, 0.717) is 11.3 Å². The minimum absolute atomic E-state index is 0.0449. The van der Waals surface area contributed by atoms with Crippen molar-refractivity contribution in [3.63, 3.8) is 0 Å². The Bertz CT molecular complexity index is 413. The molecule has 0 aliphatic heterocycles. The average Bonchev–Trinajstić information content (AvgIpc) is 2.36. The summed E-state index contributed by atoms with van der Waals surface area (Å²) in [5.74, 6) is 0.347. The second-order valence-electron chi connectivity index (χ2n) is 3.56. The van der Waals surface area contributed by atoms with Crippen molar-refractivity contribution < 1.29 is 20.1 Å². The number of methoxy groups -OCH3 is 1. The van der Waals surface area contributed by atoms with E-state index in [1.165, 1.54) is 7.11 Å². The fraction of sp³-hybridized carbons (Fsp3) is 0.417. The van der Waals surface area contributed by atoms with Gasteiger partial charge in [-0.05, 0) is 12.5 Å². The van der Waals surface area contributed by atoms with E-state index < -0.39 is 12.2 Å². The molecule has 0 heterocycles. The van der Waals surface area contributed by atoms with Gasteiger partial charge in [-0.1, -0.05) is 12.1 Å². The molecule has 1 aromatic rings. The van der Waals surface area contributed by atoms with Gasteiger partial charge < -0.3 is 20.1 Å². The lowest BCUT2D eigenvalue weighted by Crippen LogP contribution is -2.20. The van der Waals surface area contributed by atoms with Crippen LogP contribution in [0.2, 0.25) is 0 Å². The first-order valence-electron chi connectivity index (χ1n) is 5.19. The summed E-state index contributed by atoms with van der Waals surface area (Å²) in [4.78, 5) is 0. The highest BCUT2D eigenvalue weighted by atomic mass is 16.5. The summed E-state index contributed by atoms with van der Waals surface area (Å²) in [5, 5.41) is 37.2. The molecule has 0 bridgehead atoms. The van der Waals surface area contributed by atoms with Crippen LogP contribution >= 0.6 is 0 Å². The molecule has 2 unspecified atom stereocenters. The zero-order valence-corrected chi connectivity index (χ0v) is 9.50. The Kier molecular flexibility index (Phi) is 4.91. The van der Waals surface area contributed by atoms with Gasteiger partial charge in [-0.25, -0.2) is 0 Å². The molecule has 5 heteroatoms. The number of aliphatic hydroxyl groups is 3. The molecule has 0 fully saturated rings. The minimum atomic E-state index is -1.22. The first kappa shape index (κ1) is 13.5. The Balaban J connectivity index is 3.09. The molecule has 0 radical (unpaired) electrons. The normalized spacial score (nSPS) is 13.8. The Labute approximate surface area is 99.5 Å². The van der Waals surface area contributed by atoms with Gasteiger partial charge in [0.15, 0.2) is 0 Å². The monoisotopic (exact) mass is 237 g/mol. The zero-order valence-electron chi connectivity index (χ0n) is 9.50. The average molecular weight is 237 g/mol. The maximum atomic E-state index is 9.88. The molecule has 3 N–H and O–H groups in total. The molecule has 92 valence electrons. The van der Waals surface area contributed by atoms with Gasteiger partial charge in [0.05, 0.1) is 18.8 Å². The number of nitrogens with zero attached hydrogens (tertiary/aromatic N) is 1. The van der Waals surface area contributed by atoms with Crippen molar-refractivity contribution >= 4 is 0 Å². The van der Waals surface area contributed by atoms with Crippen molar-refractivity contribution in [3.05, 3.63) is 29.3 Å². The molecular weight excluding hydrogens is 222 g/mol. The van der Waals surface area contributed by atoms with Gasteiger partial charge in [-0.3, -0.25) is 0 Å². The summed E-state index contributed by atoms with van der Waals surface area (Å²) in [6.45, 7) is -0.232. The SMILES string of the molecule is COc1cccc(C(O)C(O)CCO)c1C#N. The number of nitriles is 1. The summed E-state index contributed by atoms with van der Waals surface area (Å²) in [6, 6.07) is 6.72. The summed E-state index contributed by atoms with van der Waals surface area (Å²) in [7, 11) is 1.43. The summed E-state index contributed by atoms with van der Waals surface area (Å²) >= 11 is 0. The van der Waals surface area contributed by atoms with Crippen LogP contribution in [0.4, 0.5) is 0 Å². The summed E-state index contributed by atoms with van der Waals surface area (Å²) in [5.41, 5.74) is 0.493. The van der Waals surface area contributed by atoms with Gasteiger partial charge >= 0.3 is 0 Å². The van der Waals surface area contributed by atoms with Crippen molar-refractivity contribution in [3.8, 4) is 11.8 Å². The molecular formula is C12H15NO4. The highest BCUT2D eigenvalue weighted by Crippen LogP contribution is 2.28. The number of hydrogen-bond donors (Lipinski definition) is 3. The maximum Gasteiger partial charge on any atom is 0.137 e. The first-order chi connectivity index (χ1) is 8.15. The van der Waals surface area contributed by atoms with Crippen molar-refractivity contribution in [2.75, 3.05) is 13.7 Å². The van der Waals surface area contributed by atoms with Crippen molar-refractivity contribution in [1.29, 1.82) is 5.26 Å². The van der Waals surface area contributed by atoms with Crippen molar-refractivity contribution in [2.45, 2.75) is 18.6 Å². The van der Waals surface area contributed by atoms with Crippen molar-refractivity contribution in [1.82, 2.24) is 0 Å². The Morgan fingerprint density at radius 3 is 2.65 bits per heavy atom.